The van der Waals surface area contributed by atoms with Gasteiger partial charge in [0.2, 0.25) is 10.0 Å². The van der Waals surface area contributed by atoms with Crippen LogP contribution >= 0.6 is 0 Å². The summed E-state index contributed by atoms with van der Waals surface area (Å²) >= 11 is 0. The number of carboxylic acids is 1. The van der Waals surface area contributed by atoms with Crippen LogP contribution in [0.5, 0.6) is 0 Å². The van der Waals surface area contributed by atoms with Crippen molar-refractivity contribution in [1.82, 2.24) is 4.72 Å². The zero-order chi connectivity index (χ0) is 15.3. The van der Waals surface area contributed by atoms with E-state index in [0.29, 0.717) is 12.3 Å². The van der Waals surface area contributed by atoms with Crippen molar-refractivity contribution < 1.29 is 22.7 Å². The van der Waals surface area contributed by atoms with E-state index in [9.17, 15) is 17.6 Å². The monoisotopic (exact) mass is 303 g/mol. The third kappa shape index (κ3) is 4.57. The van der Waals surface area contributed by atoms with Crippen molar-refractivity contribution in [2.75, 3.05) is 6.54 Å². The summed E-state index contributed by atoms with van der Waals surface area (Å²) in [6.07, 6.45) is 1.48. The van der Waals surface area contributed by atoms with Gasteiger partial charge in [-0.3, -0.25) is 0 Å². The van der Waals surface area contributed by atoms with Gasteiger partial charge in [-0.1, -0.05) is 13.8 Å². The minimum absolute atomic E-state index is 0.192. The topological polar surface area (TPSA) is 83.5 Å². The molecule has 0 radical (unpaired) electrons. The number of hydrogen-bond acceptors (Lipinski definition) is 3. The van der Waals surface area contributed by atoms with Crippen molar-refractivity contribution in [1.29, 1.82) is 0 Å². The molecule has 0 fully saturated rings. The molecule has 0 saturated heterocycles. The van der Waals surface area contributed by atoms with E-state index < -0.39 is 26.7 Å². The molecule has 2 N–H and O–H groups in total. The van der Waals surface area contributed by atoms with Gasteiger partial charge in [-0.15, -0.1) is 0 Å². The SMILES string of the molecule is CC(C)CCCNS(=O)(=O)c1cc(C(=O)O)ccc1F. The highest BCUT2D eigenvalue weighted by atomic mass is 32.2. The lowest BCUT2D eigenvalue weighted by Crippen LogP contribution is -2.26. The van der Waals surface area contributed by atoms with Crippen molar-refractivity contribution in [3.8, 4) is 0 Å². The molecule has 20 heavy (non-hydrogen) atoms. The number of aromatic carboxylic acids is 1. The molecule has 5 nitrogen and oxygen atoms in total. The molecule has 0 unspecified atom stereocenters. The first kappa shape index (κ1) is 16.6. The average molecular weight is 303 g/mol. The van der Waals surface area contributed by atoms with Crippen LogP contribution in [0, 0.1) is 11.7 Å². The Morgan fingerprint density at radius 2 is 2.05 bits per heavy atom. The van der Waals surface area contributed by atoms with E-state index >= 15 is 0 Å². The molecule has 1 aromatic carbocycles. The van der Waals surface area contributed by atoms with Crippen LogP contribution in [0.3, 0.4) is 0 Å². The summed E-state index contributed by atoms with van der Waals surface area (Å²) in [6, 6.07) is 2.68. The molecule has 112 valence electrons. The molecule has 0 aliphatic rings. The van der Waals surface area contributed by atoms with E-state index in [2.05, 4.69) is 4.72 Å². The van der Waals surface area contributed by atoms with Gasteiger partial charge in [0, 0.05) is 6.54 Å². The van der Waals surface area contributed by atoms with Crippen LogP contribution in [0.1, 0.15) is 37.0 Å². The molecule has 0 atom stereocenters. The Bertz CT molecular complexity index is 584. The summed E-state index contributed by atoms with van der Waals surface area (Å²) < 4.78 is 39.7. The molecule has 1 aromatic rings. The Hall–Kier alpha value is -1.47. The number of rotatable bonds is 7. The lowest BCUT2D eigenvalue weighted by Gasteiger charge is -2.09. The van der Waals surface area contributed by atoms with Crippen LogP contribution in [0.4, 0.5) is 4.39 Å². The van der Waals surface area contributed by atoms with E-state index in [0.717, 1.165) is 24.6 Å². The number of sulfonamides is 1. The maximum Gasteiger partial charge on any atom is 0.335 e. The van der Waals surface area contributed by atoms with Crippen LogP contribution in [0.15, 0.2) is 23.1 Å². The van der Waals surface area contributed by atoms with Gasteiger partial charge in [-0.2, -0.15) is 0 Å². The fourth-order valence-electron chi connectivity index (χ4n) is 1.64. The Labute approximate surface area is 117 Å². The number of carbonyl (C=O) groups is 1. The second-order valence-corrected chi connectivity index (χ2v) is 6.62. The molecule has 7 heteroatoms. The highest BCUT2D eigenvalue weighted by molar-refractivity contribution is 7.89. The standard InChI is InChI=1S/C13H18FNO4S/c1-9(2)4-3-7-15-20(18,19)12-8-10(13(16)17)5-6-11(12)14/h5-6,8-9,15H,3-4,7H2,1-2H3,(H,16,17). The Balaban J connectivity index is 2.86. The lowest BCUT2D eigenvalue weighted by molar-refractivity contribution is 0.0696. The van der Waals surface area contributed by atoms with Crippen molar-refractivity contribution in [3.63, 3.8) is 0 Å². The van der Waals surface area contributed by atoms with Gasteiger partial charge in [-0.25, -0.2) is 22.3 Å². The third-order valence-corrected chi connectivity index (χ3v) is 4.19. The summed E-state index contributed by atoms with van der Waals surface area (Å²) in [7, 11) is -4.03. The second kappa shape index (κ2) is 6.81. The molecule has 0 aliphatic carbocycles. The van der Waals surface area contributed by atoms with E-state index in [-0.39, 0.29) is 12.1 Å². The Kier molecular flexibility index (Phi) is 5.64. The molecule has 0 aliphatic heterocycles. The highest BCUT2D eigenvalue weighted by Crippen LogP contribution is 2.16. The molecule has 0 amide bonds. The maximum atomic E-state index is 13.6. The quantitative estimate of drug-likeness (QED) is 0.757. The highest BCUT2D eigenvalue weighted by Gasteiger charge is 2.20. The van der Waals surface area contributed by atoms with Gasteiger partial charge < -0.3 is 5.11 Å². The number of halogens is 1. The summed E-state index contributed by atoms with van der Waals surface area (Å²) in [5, 5.41) is 8.80. The van der Waals surface area contributed by atoms with Crippen LogP contribution in [-0.2, 0) is 10.0 Å². The molecule has 0 spiro atoms. The summed E-state index contributed by atoms with van der Waals surface area (Å²) in [4.78, 5) is 10.2. The van der Waals surface area contributed by atoms with Crippen LogP contribution in [0.25, 0.3) is 0 Å². The van der Waals surface area contributed by atoms with Crippen molar-refractivity contribution in [2.45, 2.75) is 31.6 Å². The first-order valence-corrected chi connectivity index (χ1v) is 7.75. The van der Waals surface area contributed by atoms with E-state index in [1.54, 1.807) is 0 Å². The first-order chi connectivity index (χ1) is 9.24. The molecule has 1 rings (SSSR count). The Morgan fingerprint density at radius 1 is 1.40 bits per heavy atom. The first-order valence-electron chi connectivity index (χ1n) is 6.26. The van der Waals surface area contributed by atoms with Crippen LogP contribution < -0.4 is 4.72 Å². The van der Waals surface area contributed by atoms with Crippen molar-refractivity contribution in [3.05, 3.63) is 29.6 Å². The molecule has 0 heterocycles. The van der Waals surface area contributed by atoms with Gasteiger partial charge in [-0.05, 0) is 37.0 Å². The van der Waals surface area contributed by atoms with Crippen LogP contribution in [0.2, 0.25) is 0 Å². The molecule has 0 bridgehead atoms. The summed E-state index contributed by atoms with van der Waals surface area (Å²) in [5.41, 5.74) is -0.269. The fraction of sp³-hybridized carbons (Fsp3) is 0.462. The Morgan fingerprint density at radius 3 is 2.60 bits per heavy atom. The van der Waals surface area contributed by atoms with E-state index in [1.165, 1.54) is 0 Å². The fourth-order valence-corrected chi connectivity index (χ4v) is 2.81. The van der Waals surface area contributed by atoms with Crippen LogP contribution in [-0.4, -0.2) is 26.0 Å². The molecular weight excluding hydrogens is 285 g/mol. The number of benzene rings is 1. The van der Waals surface area contributed by atoms with E-state index in [4.69, 9.17) is 5.11 Å². The average Bonchev–Trinajstić information content (AvgIpc) is 2.34. The number of hydrogen-bond donors (Lipinski definition) is 2. The number of carboxylic acid groups (broad SMARTS) is 1. The predicted octanol–water partition coefficient (Wildman–Crippen LogP) is 2.24. The van der Waals surface area contributed by atoms with Crippen molar-refractivity contribution in [2.24, 2.45) is 5.92 Å². The minimum atomic E-state index is -4.03. The summed E-state index contributed by atoms with van der Waals surface area (Å²) in [5.74, 6) is -1.82. The second-order valence-electron chi connectivity index (χ2n) is 4.88. The van der Waals surface area contributed by atoms with E-state index in [1.807, 2.05) is 13.8 Å². The molecule has 0 aromatic heterocycles. The van der Waals surface area contributed by atoms with Gasteiger partial charge in [0.05, 0.1) is 5.56 Å². The summed E-state index contributed by atoms with van der Waals surface area (Å²) in [6.45, 7) is 4.23. The smallest absolute Gasteiger partial charge is 0.335 e. The van der Waals surface area contributed by atoms with Gasteiger partial charge in [0.1, 0.15) is 10.7 Å². The van der Waals surface area contributed by atoms with Crippen molar-refractivity contribution >= 4 is 16.0 Å². The maximum absolute atomic E-state index is 13.6. The largest absolute Gasteiger partial charge is 0.478 e. The predicted molar refractivity (Wildman–Crippen MR) is 72.6 cm³/mol. The third-order valence-electron chi connectivity index (χ3n) is 2.72. The lowest BCUT2D eigenvalue weighted by atomic mass is 10.1. The normalized spacial score (nSPS) is 11.8. The molecule has 0 saturated carbocycles. The van der Waals surface area contributed by atoms with Gasteiger partial charge in [0.15, 0.2) is 0 Å². The number of nitrogens with one attached hydrogen (secondary N) is 1. The minimum Gasteiger partial charge on any atom is -0.478 e. The van der Waals surface area contributed by atoms with Gasteiger partial charge >= 0.3 is 5.97 Å². The zero-order valence-corrected chi connectivity index (χ0v) is 12.2. The van der Waals surface area contributed by atoms with Gasteiger partial charge in [0.25, 0.3) is 0 Å². The molecular formula is C13H18FNO4S. The zero-order valence-electron chi connectivity index (χ0n) is 11.4.